The Labute approximate surface area is 197 Å². The summed E-state index contributed by atoms with van der Waals surface area (Å²) in [5.41, 5.74) is 0.719. The van der Waals surface area contributed by atoms with Crippen molar-refractivity contribution in [2.45, 2.75) is 74.5 Å². The molecule has 0 amide bonds. The van der Waals surface area contributed by atoms with Crippen LogP contribution in [0.5, 0.6) is 0 Å². The lowest BCUT2D eigenvalue weighted by atomic mass is 9.98. The maximum absolute atomic E-state index is 10.2. The van der Waals surface area contributed by atoms with Crippen LogP contribution in [0.3, 0.4) is 0 Å². The molecule has 4 rings (SSSR count). The molecular weight excluding hydrogens is 476 g/mol. The Morgan fingerprint density at radius 1 is 0.743 bits per heavy atom. The number of ether oxygens (including phenoxy) is 3. The summed E-state index contributed by atoms with van der Waals surface area (Å²) in [5, 5.41) is 93.9. The Bertz CT molecular complexity index is 957. The van der Waals surface area contributed by atoms with Crippen LogP contribution in [0.25, 0.3) is 0 Å². The van der Waals surface area contributed by atoms with E-state index in [0.29, 0.717) is 11.4 Å². The predicted octanol–water partition coefficient (Wildman–Crippen LogP) is -5.79. The third kappa shape index (κ3) is 5.34. The highest BCUT2D eigenvalue weighted by molar-refractivity contribution is 4.99. The van der Waals surface area contributed by atoms with Crippen LogP contribution < -0.4 is 0 Å². The average Bonchev–Trinajstić information content (AvgIpc) is 3.51. The van der Waals surface area contributed by atoms with Gasteiger partial charge in [0.2, 0.25) is 0 Å². The Morgan fingerprint density at radius 2 is 1.37 bits per heavy atom. The van der Waals surface area contributed by atoms with Crippen LogP contribution in [-0.2, 0) is 27.4 Å². The summed E-state index contributed by atoms with van der Waals surface area (Å²) in [6.45, 7) is -1.22. The van der Waals surface area contributed by atoms with E-state index in [1.54, 1.807) is 0 Å². The molecule has 0 radical (unpaired) electrons. The summed E-state index contributed by atoms with van der Waals surface area (Å²) < 4.78 is 18.7. The van der Waals surface area contributed by atoms with Gasteiger partial charge in [-0.1, -0.05) is 10.4 Å². The molecule has 35 heavy (non-hydrogen) atoms. The average molecular weight is 504 g/mol. The van der Waals surface area contributed by atoms with Crippen molar-refractivity contribution in [1.29, 1.82) is 0 Å². The third-order valence-electron chi connectivity index (χ3n) is 5.84. The van der Waals surface area contributed by atoms with Gasteiger partial charge in [0.05, 0.1) is 38.8 Å². The summed E-state index contributed by atoms with van der Waals surface area (Å²) in [5.74, 6) is 0. The van der Waals surface area contributed by atoms with Gasteiger partial charge in [-0.3, -0.25) is 0 Å². The molecule has 10 atom stereocenters. The molecule has 17 nitrogen and oxygen atoms in total. The van der Waals surface area contributed by atoms with E-state index in [4.69, 9.17) is 14.2 Å². The minimum Gasteiger partial charge on any atom is -0.394 e. The van der Waals surface area contributed by atoms with Crippen molar-refractivity contribution < 1.29 is 55.1 Å². The molecule has 4 heterocycles. The fraction of sp³-hybridized carbons (Fsp3) is 0.778. The fourth-order valence-corrected chi connectivity index (χ4v) is 3.83. The highest BCUT2D eigenvalue weighted by Crippen LogP contribution is 2.28. The zero-order valence-corrected chi connectivity index (χ0v) is 18.2. The van der Waals surface area contributed by atoms with E-state index in [0.717, 1.165) is 4.68 Å². The smallest absolute Gasteiger partial charge is 0.187 e. The number of hydrogen-bond donors (Lipinski definition) is 8. The molecule has 0 aliphatic carbocycles. The van der Waals surface area contributed by atoms with Gasteiger partial charge in [-0.25, -0.2) is 9.36 Å². The van der Waals surface area contributed by atoms with Crippen LogP contribution in [0.4, 0.5) is 0 Å². The van der Waals surface area contributed by atoms with Crippen LogP contribution in [0, 0.1) is 0 Å². The van der Waals surface area contributed by atoms with Gasteiger partial charge in [-0.05, 0) is 0 Å². The van der Waals surface area contributed by atoms with Crippen LogP contribution in [0.1, 0.15) is 17.6 Å². The van der Waals surface area contributed by atoms with Gasteiger partial charge in [-0.2, -0.15) is 0 Å². The molecule has 196 valence electrons. The molecule has 0 saturated carbocycles. The van der Waals surface area contributed by atoms with Gasteiger partial charge in [0.1, 0.15) is 60.2 Å². The number of aromatic nitrogens is 6. The molecule has 0 aromatic carbocycles. The number of hydrogen-bond acceptors (Lipinski definition) is 15. The Morgan fingerprint density at radius 3 is 2.06 bits per heavy atom. The molecule has 0 spiro atoms. The summed E-state index contributed by atoms with van der Waals surface area (Å²) in [6, 6.07) is 0. The second-order valence-corrected chi connectivity index (χ2v) is 8.33. The van der Waals surface area contributed by atoms with E-state index in [1.165, 1.54) is 17.1 Å². The van der Waals surface area contributed by atoms with E-state index < -0.39 is 74.6 Å². The number of nitrogens with zero attached hydrogens (tertiary/aromatic N) is 6. The highest BCUT2D eigenvalue weighted by Gasteiger charge is 2.45. The first kappa shape index (κ1) is 25.9. The SMILES string of the molecule is OC[C@H]1O[C@H](OCc2cn(Cc3cn([C@H]4O[C@H](CO)[C@@H](O)[C@H](O)[C@@H]4O)nn3)nn2)[C@@H](O)[C@@H](O)[C@@H]1O. The first-order chi connectivity index (χ1) is 16.7. The van der Waals surface area contributed by atoms with E-state index in [1.807, 2.05) is 0 Å². The van der Waals surface area contributed by atoms with Gasteiger partial charge >= 0.3 is 0 Å². The van der Waals surface area contributed by atoms with E-state index in [9.17, 15) is 40.9 Å². The molecule has 2 aromatic rings. The zero-order valence-electron chi connectivity index (χ0n) is 18.2. The summed E-state index contributed by atoms with van der Waals surface area (Å²) in [6.07, 6.45) is -10.9. The first-order valence-electron chi connectivity index (χ1n) is 10.8. The van der Waals surface area contributed by atoms with Crippen molar-refractivity contribution in [2.75, 3.05) is 13.2 Å². The predicted molar refractivity (Wildman–Crippen MR) is 107 cm³/mol. The lowest BCUT2D eigenvalue weighted by molar-refractivity contribution is -0.304. The van der Waals surface area contributed by atoms with Gasteiger partial charge in [0, 0.05) is 0 Å². The van der Waals surface area contributed by atoms with E-state index in [2.05, 4.69) is 20.6 Å². The van der Waals surface area contributed by atoms with E-state index >= 15 is 0 Å². The minimum absolute atomic E-state index is 0.102. The van der Waals surface area contributed by atoms with Crippen molar-refractivity contribution in [2.24, 2.45) is 0 Å². The molecular formula is C18H28N6O11. The Kier molecular flexibility index (Phi) is 8.03. The lowest BCUT2D eigenvalue weighted by Gasteiger charge is -2.39. The fourth-order valence-electron chi connectivity index (χ4n) is 3.83. The van der Waals surface area contributed by atoms with Crippen molar-refractivity contribution in [3.05, 3.63) is 23.8 Å². The zero-order chi connectivity index (χ0) is 25.3. The molecule has 0 unspecified atom stereocenters. The molecule has 2 saturated heterocycles. The standard InChI is InChI=1S/C18H28N6O11/c25-4-9-11(27)13(29)15(31)17(34-9)24-3-7(19-22-24)1-23-2-8(20-21-23)6-33-18-16(32)14(30)12(28)10(5-26)35-18/h2-3,9-18,25-32H,1,4-6H2/t9-,10-,11-,12-,13+,14+,15+,16+,17+,18+/m1/s1. The summed E-state index contributed by atoms with van der Waals surface area (Å²) >= 11 is 0. The second kappa shape index (κ2) is 10.8. The molecule has 2 fully saturated rings. The molecule has 2 aromatic heterocycles. The number of aliphatic hydroxyl groups excluding tert-OH is 8. The number of rotatable bonds is 8. The largest absolute Gasteiger partial charge is 0.394 e. The molecule has 2 aliphatic rings. The van der Waals surface area contributed by atoms with Gasteiger partial charge in [0.15, 0.2) is 12.5 Å². The quantitative estimate of drug-likeness (QED) is 0.167. The van der Waals surface area contributed by atoms with Crippen LogP contribution in [-0.4, -0.2) is 139 Å². The third-order valence-corrected chi connectivity index (χ3v) is 5.84. The van der Waals surface area contributed by atoms with E-state index in [-0.39, 0.29) is 13.2 Å². The summed E-state index contributed by atoms with van der Waals surface area (Å²) in [4.78, 5) is 0. The van der Waals surface area contributed by atoms with Crippen molar-refractivity contribution >= 4 is 0 Å². The van der Waals surface area contributed by atoms with Crippen LogP contribution >= 0.6 is 0 Å². The molecule has 2 aliphatic heterocycles. The molecule has 17 heteroatoms. The second-order valence-electron chi connectivity index (χ2n) is 8.33. The van der Waals surface area contributed by atoms with Crippen molar-refractivity contribution in [1.82, 2.24) is 30.0 Å². The Hall–Kier alpha value is -2.16. The normalized spacial score (nSPS) is 38.1. The van der Waals surface area contributed by atoms with Crippen LogP contribution in [0.2, 0.25) is 0 Å². The monoisotopic (exact) mass is 504 g/mol. The van der Waals surface area contributed by atoms with Crippen LogP contribution in [0.15, 0.2) is 12.4 Å². The Balaban J connectivity index is 1.34. The summed E-state index contributed by atoms with van der Waals surface area (Å²) in [7, 11) is 0. The minimum atomic E-state index is -1.56. The lowest BCUT2D eigenvalue weighted by Crippen LogP contribution is -2.59. The van der Waals surface area contributed by atoms with Gasteiger partial charge in [-0.15, -0.1) is 10.2 Å². The number of aliphatic hydroxyl groups is 8. The molecule has 8 N–H and O–H groups in total. The van der Waals surface area contributed by atoms with Gasteiger partial charge < -0.3 is 55.1 Å². The maximum atomic E-state index is 10.2. The topological polar surface area (TPSA) is 251 Å². The highest BCUT2D eigenvalue weighted by atomic mass is 16.7. The molecule has 0 bridgehead atoms. The van der Waals surface area contributed by atoms with Crippen molar-refractivity contribution in [3.63, 3.8) is 0 Å². The first-order valence-corrected chi connectivity index (χ1v) is 10.8. The van der Waals surface area contributed by atoms with Crippen molar-refractivity contribution in [3.8, 4) is 0 Å². The maximum Gasteiger partial charge on any atom is 0.187 e. The van der Waals surface area contributed by atoms with Gasteiger partial charge in [0.25, 0.3) is 0 Å².